The average molecular weight is 469 g/mol. The zero-order valence-electron chi connectivity index (χ0n) is 20.2. The van der Waals surface area contributed by atoms with Crippen molar-refractivity contribution in [2.24, 2.45) is 23.7 Å². The molecule has 0 heterocycles. The second-order valence-corrected chi connectivity index (χ2v) is 9.51. The summed E-state index contributed by atoms with van der Waals surface area (Å²) in [5, 5.41) is 16.7. The Labute approximate surface area is 199 Å². The van der Waals surface area contributed by atoms with Crippen LogP contribution in [0.15, 0.2) is 36.1 Å². The fourth-order valence-electron chi connectivity index (χ4n) is 4.42. The van der Waals surface area contributed by atoms with E-state index in [0.29, 0.717) is 24.2 Å². The van der Waals surface area contributed by atoms with Gasteiger partial charge in [-0.05, 0) is 93.4 Å². The van der Waals surface area contributed by atoms with Crippen molar-refractivity contribution in [2.45, 2.75) is 58.8 Å². The van der Waals surface area contributed by atoms with Crippen LogP contribution in [0.3, 0.4) is 0 Å². The van der Waals surface area contributed by atoms with Gasteiger partial charge in [0, 0.05) is 13.7 Å². The van der Waals surface area contributed by atoms with E-state index in [9.17, 15) is 9.90 Å². The minimum Gasteiger partial charge on any atom is -0.494 e. The number of carbonyl (C=O) groups excluding carboxylic acids is 1. The first-order valence-electron chi connectivity index (χ1n) is 12.1. The third-order valence-electron chi connectivity index (χ3n) is 6.18. The van der Waals surface area contributed by atoms with E-state index in [-0.39, 0.29) is 18.5 Å². The van der Waals surface area contributed by atoms with Crippen molar-refractivity contribution < 1.29 is 24.5 Å². The predicted octanol–water partition coefficient (Wildman–Crippen LogP) is 5.14. The van der Waals surface area contributed by atoms with Crippen LogP contribution in [0.1, 0.15) is 58.8 Å². The van der Waals surface area contributed by atoms with Crippen molar-refractivity contribution in [1.82, 2.24) is 0 Å². The molecule has 0 aliphatic heterocycles. The lowest BCUT2D eigenvalue weighted by molar-refractivity contribution is -0.139. The van der Waals surface area contributed by atoms with Gasteiger partial charge in [-0.1, -0.05) is 25.2 Å². The molecule has 32 heavy (non-hydrogen) atoms. The summed E-state index contributed by atoms with van der Waals surface area (Å²) in [6.45, 7) is 5.56. The third-order valence-corrected chi connectivity index (χ3v) is 7.33. The first-order chi connectivity index (χ1) is 15.6. The van der Waals surface area contributed by atoms with Crippen molar-refractivity contribution in [3.05, 3.63) is 36.1 Å². The molecule has 4 atom stereocenters. The molecule has 184 valence electrons. The summed E-state index contributed by atoms with van der Waals surface area (Å²) in [5.41, 5.74) is 0. The molecule has 2 aliphatic rings. The van der Waals surface area contributed by atoms with E-state index in [0.717, 1.165) is 63.3 Å². The highest BCUT2D eigenvalue weighted by atomic mass is 32.2. The lowest BCUT2D eigenvalue weighted by atomic mass is 9.84. The Balaban J connectivity index is 0.00000249. The van der Waals surface area contributed by atoms with Gasteiger partial charge in [0.2, 0.25) is 0 Å². The van der Waals surface area contributed by atoms with Crippen molar-refractivity contribution >= 4 is 17.7 Å². The van der Waals surface area contributed by atoms with Gasteiger partial charge in [0.1, 0.15) is 5.76 Å². The summed E-state index contributed by atoms with van der Waals surface area (Å²) in [6.07, 6.45) is 19.0. The molecule has 1 saturated carbocycles. The van der Waals surface area contributed by atoms with Gasteiger partial charge >= 0.3 is 5.97 Å². The highest BCUT2D eigenvalue weighted by Crippen LogP contribution is 2.41. The van der Waals surface area contributed by atoms with Crippen LogP contribution in [-0.2, 0) is 14.3 Å². The van der Waals surface area contributed by atoms with Crippen LogP contribution in [0.25, 0.3) is 0 Å². The molecule has 6 heteroatoms. The van der Waals surface area contributed by atoms with Crippen LogP contribution in [0.2, 0.25) is 0 Å². The molecule has 2 aliphatic carbocycles. The van der Waals surface area contributed by atoms with Crippen LogP contribution in [0, 0.1) is 23.7 Å². The SMILES string of the molecule is CCOC(=O)CSC[C@H](CO)CC[C@H]1C(C)CC[C@@H]1/C=C/CCOC1=CCCC=C1.CO. The summed E-state index contributed by atoms with van der Waals surface area (Å²) < 4.78 is 10.8. The van der Waals surface area contributed by atoms with Gasteiger partial charge in [0.15, 0.2) is 0 Å². The summed E-state index contributed by atoms with van der Waals surface area (Å²) in [4.78, 5) is 11.5. The van der Waals surface area contributed by atoms with Gasteiger partial charge in [-0.3, -0.25) is 4.79 Å². The second-order valence-electron chi connectivity index (χ2n) is 8.48. The van der Waals surface area contributed by atoms with Crippen LogP contribution in [0.4, 0.5) is 0 Å². The average Bonchev–Trinajstić information content (AvgIpc) is 3.17. The van der Waals surface area contributed by atoms with Gasteiger partial charge in [-0.25, -0.2) is 0 Å². The van der Waals surface area contributed by atoms with Crippen molar-refractivity contribution in [2.75, 3.05) is 38.4 Å². The monoisotopic (exact) mass is 468 g/mol. The number of ether oxygens (including phenoxy) is 2. The number of rotatable bonds is 14. The van der Waals surface area contributed by atoms with Gasteiger partial charge in [0.05, 0.1) is 19.0 Å². The smallest absolute Gasteiger partial charge is 0.315 e. The number of esters is 1. The van der Waals surface area contributed by atoms with Crippen molar-refractivity contribution in [1.29, 1.82) is 0 Å². The molecule has 2 rings (SSSR count). The zero-order chi connectivity index (χ0) is 23.6. The molecule has 0 amide bonds. The largest absolute Gasteiger partial charge is 0.494 e. The van der Waals surface area contributed by atoms with Gasteiger partial charge in [-0.15, -0.1) is 11.8 Å². The van der Waals surface area contributed by atoms with Crippen LogP contribution in [-0.4, -0.2) is 54.6 Å². The number of hydrogen-bond acceptors (Lipinski definition) is 6. The Morgan fingerprint density at radius 1 is 1.31 bits per heavy atom. The Kier molecular flexibility index (Phi) is 16.4. The Morgan fingerprint density at radius 2 is 2.12 bits per heavy atom. The lowest BCUT2D eigenvalue weighted by Gasteiger charge is -2.23. The first kappa shape index (κ1) is 28.8. The molecular weight excluding hydrogens is 424 g/mol. The van der Waals surface area contributed by atoms with Crippen LogP contribution >= 0.6 is 11.8 Å². The molecule has 0 radical (unpaired) electrons. The number of thioether (sulfide) groups is 1. The third kappa shape index (κ3) is 11.6. The molecule has 5 nitrogen and oxygen atoms in total. The molecule has 0 bridgehead atoms. The Bertz CT molecular complexity index is 587. The fraction of sp³-hybridized carbons (Fsp3) is 0.731. The molecule has 1 fully saturated rings. The maximum atomic E-state index is 11.5. The van der Waals surface area contributed by atoms with Crippen LogP contribution < -0.4 is 0 Å². The molecule has 0 aromatic carbocycles. The standard InChI is InChI=1S/C25H40O4S.CH4O/c1-3-28-25(27)19-30-18-21(17-26)13-15-24-20(2)12-14-22(24)9-7-8-16-29-23-10-5-4-6-11-23;1-2/h5,7,9-11,20-22,24,26H,3-4,6,8,12-19H2,1-2H3;2H,1H3/b9-7+;/t20?,21-,22-,24-;/m0./s1. The fourth-order valence-corrected chi connectivity index (χ4v) is 5.40. The molecule has 0 aromatic rings. The van der Waals surface area contributed by atoms with Gasteiger partial charge in [-0.2, -0.15) is 0 Å². The van der Waals surface area contributed by atoms with E-state index in [1.807, 2.05) is 6.92 Å². The molecule has 0 saturated heterocycles. The van der Waals surface area contributed by atoms with E-state index in [4.69, 9.17) is 14.6 Å². The number of hydrogen-bond donors (Lipinski definition) is 2. The minimum atomic E-state index is -0.159. The quantitative estimate of drug-likeness (QED) is 0.209. The summed E-state index contributed by atoms with van der Waals surface area (Å²) >= 11 is 1.58. The topological polar surface area (TPSA) is 76.0 Å². The lowest BCUT2D eigenvalue weighted by Crippen LogP contribution is -2.17. The number of carbonyl (C=O) groups is 1. The summed E-state index contributed by atoms with van der Waals surface area (Å²) in [5.74, 6) is 4.37. The Morgan fingerprint density at radius 3 is 2.81 bits per heavy atom. The highest BCUT2D eigenvalue weighted by Gasteiger charge is 2.31. The first-order valence-corrected chi connectivity index (χ1v) is 13.2. The summed E-state index contributed by atoms with van der Waals surface area (Å²) in [6, 6.07) is 0. The molecule has 0 aromatic heterocycles. The van der Waals surface area contributed by atoms with E-state index in [2.05, 4.69) is 37.3 Å². The predicted molar refractivity (Wildman–Crippen MR) is 133 cm³/mol. The number of aliphatic hydroxyl groups excluding tert-OH is 2. The van der Waals surface area contributed by atoms with Crippen molar-refractivity contribution in [3.8, 4) is 0 Å². The van der Waals surface area contributed by atoms with E-state index >= 15 is 0 Å². The van der Waals surface area contributed by atoms with Crippen molar-refractivity contribution in [3.63, 3.8) is 0 Å². The summed E-state index contributed by atoms with van der Waals surface area (Å²) in [7, 11) is 1.00. The Hall–Kier alpha value is -1.24. The molecule has 1 unspecified atom stereocenters. The highest BCUT2D eigenvalue weighted by molar-refractivity contribution is 7.99. The maximum Gasteiger partial charge on any atom is 0.315 e. The number of aliphatic hydroxyl groups is 2. The van der Waals surface area contributed by atoms with Crippen LogP contribution in [0.5, 0.6) is 0 Å². The zero-order valence-corrected chi connectivity index (χ0v) is 21.0. The second kappa shape index (κ2) is 18.2. The van der Waals surface area contributed by atoms with E-state index < -0.39 is 0 Å². The van der Waals surface area contributed by atoms with E-state index in [1.54, 1.807) is 11.8 Å². The normalized spacial score (nSPS) is 23.4. The van der Waals surface area contributed by atoms with E-state index in [1.165, 1.54) is 12.8 Å². The van der Waals surface area contributed by atoms with Gasteiger partial charge in [0.25, 0.3) is 0 Å². The molecule has 0 spiro atoms. The molecular formula is C26H44O5S. The number of allylic oxidation sites excluding steroid dienone is 4. The molecule has 2 N–H and O–H groups in total. The maximum absolute atomic E-state index is 11.5. The van der Waals surface area contributed by atoms with Gasteiger partial charge < -0.3 is 19.7 Å². The minimum absolute atomic E-state index is 0.159.